The quantitative estimate of drug-likeness (QED) is 0.00569. The van der Waals surface area contributed by atoms with E-state index in [1.165, 1.54) is 11.8 Å². The van der Waals surface area contributed by atoms with Crippen molar-refractivity contribution in [2.45, 2.75) is 290 Å². The van der Waals surface area contributed by atoms with Gasteiger partial charge in [-0.3, -0.25) is 53.4 Å². The minimum atomic E-state index is -5.36. The van der Waals surface area contributed by atoms with E-state index < -0.39 is 189 Å². The van der Waals surface area contributed by atoms with E-state index >= 15 is 37.2 Å². The number of ether oxygens (including phenoxy) is 4. The van der Waals surface area contributed by atoms with Gasteiger partial charge in [0.05, 0.1) is 23.5 Å². The standard InChI is InChI=1S/C95H134N14O19S/c1-19-57(4)77(88(119)109(129(123,124)79-59(6)58(5)78-66(60(79)7)54-95(17,18)127-78)75(43-32-48-99-90(97)98)86(117)102-69(89(120)121)42-30-31-47-100-91(122)128-94(14,15)16)107-84(115)72(52-62-36-24-21-25-37-62)104-81(112)70(50-56(2)3)103-83(114)73(53-76(110)126-93(11,12)13)105-82(113)71(51-61-34-22-20-23-35-61)106-85(116)74-44-33-49-108(74)87(118)65-40-28-26-38-63(65)45-46-64-39-27-29-41-68(64)101-80(111)67(96)55-125-92(8,9)10/h20-29,34-41,45-46,56-57,67,69-75,77H,19,30-33,42-44,47-55,96H2,1-18H3,(H,100,122)(H,101,111)(H,102,117)(H,103,114)(H,104,112)(H,105,113)(H,106,116)(H,107,115)(H,120,121)(H4,97,98,99)/b46-45-/t57-,67-,69-,70-,71-,72-,73-,74-,75-,77-/m0/s1. The van der Waals surface area contributed by atoms with E-state index in [9.17, 15) is 33.9 Å². The van der Waals surface area contributed by atoms with Crippen LogP contribution in [0.5, 0.6) is 5.75 Å². The van der Waals surface area contributed by atoms with Crippen molar-refractivity contribution < 1.29 is 90.0 Å². The first-order valence-corrected chi connectivity index (χ1v) is 45.5. The van der Waals surface area contributed by atoms with Crippen molar-refractivity contribution in [3.8, 4) is 5.75 Å². The number of para-hydroxylation sites is 1. The Bertz CT molecular complexity index is 4970. The molecule has 0 radical (unpaired) electrons. The summed E-state index contributed by atoms with van der Waals surface area (Å²) in [6.07, 6.45) is 1.60. The normalized spacial score (nSPS) is 15.9. The van der Waals surface area contributed by atoms with Crippen molar-refractivity contribution in [2.24, 2.45) is 23.3 Å². The number of alkyl carbamates (subject to hydrolysis) is 1. The first-order valence-electron chi connectivity index (χ1n) is 44.1. The average molecular weight is 1810 g/mol. The number of unbranched alkanes of at least 4 members (excludes halogenated alkanes) is 1. The highest BCUT2D eigenvalue weighted by Crippen LogP contribution is 2.45. The smallest absolute Gasteiger partial charge is 0.407 e. The molecule has 5 aromatic rings. The van der Waals surface area contributed by atoms with Crippen LogP contribution in [0, 0.1) is 38.0 Å². The van der Waals surface area contributed by atoms with Gasteiger partial charge in [-0.15, -0.1) is 0 Å². The fourth-order valence-corrected chi connectivity index (χ4v) is 17.3. The van der Waals surface area contributed by atoms with Gasteiger partial charge in [0, 0.05) is 55.7 Å². The summed E-state index contributed by atoms with van der Waals surface area (Å²) in [6, 6.07) is 16.5. The van der Waals surface area contributed by atoms with Crippen LogP contribution in [-0.2, 0) is 91.4 Å². The Morgan fingerprint density at radius 1 is 0.628 bits per heavy atom. The van der Waals surface area contributed by atoms with Gasteiger partial charge in [-0.25, -0.2) is 22.3 Å². The summed E-state index contributed by atoms with van der Waals surface area (Å²) in [4.78, 5) is 178. The lowest BCUT2D eigenvalue weighted by atomic mass is 9.94. The van der Waals surface area contributed by atoms with Gasteiger partial charge >= 0.3 is 18.0 Å². The summed E-state index contributed by atoms with van der Waals surface area (Å²) < 4.78 is 56.5. The number of nitrogens with one attached hydrogen (secondary N) is 10. The second-order valence-corrected chi connectivity index (χ2v) is 38.9. The van der Waals surface area contributed by atoms with Crippen molar-refractivity contribution in [1.29, 1.82) is 5.41 Å². The second-order valence-electron chi connectivity index (χ2n) is 37.1. The van der Waals surface area contributed by atoms with Gasteiger partial charge in [-0.05, 0) is 211 Å². The fraction of sp³-hybridized carbons (Fsp3) is 0.526. The van der Waals surface area contributed by atoms with Crippen LogP contribution < -0.4 is 64.1 Å². The number of fused-ring (bicyclic) bond motifs is 1. The number of sulfonamides is 1. The summed E-state index contributed by atoms with van der Waals surface area (Å²) >= 11 is 0. The molecule has 704 valence electrons. The summed E-state index contributed by atoms with van der Waals surface area (Å²) in [6.45, 7) is 30.5. The molecule has 0 unspecified atom stereocenters. The molecule has 15 N–H and O–H groups in total. The molecule has 1 fully saturated rings. The zero-order valence-corrected chi connectivity index (χ0v) is 78.5. The van der Waals surface area contributed by atoms with Crippen molar-refractivity contribution in [3.63, 3.8) is 0 Å². The van der Waals surface area contributed by atoms with E-state index in [-0.39, 0.29) is 112 Å². The number of hydrogen-bond acceptors (Lipinski definition) is 20. The first kappa shape index (κ1) is 104. The molecule has 5 aromatic carbocycles. The van der Waals surface area contributed by atoms with Crippen molar-refractivity contribution in [2.75, 3.05) is 31.6 Å². The van der Waals surface area contributed by atoms with Gasteiger partial charge in [0.15, 0.2) is 5.96 Å². The molecule has 34 heteroatoms. The number of carboxylic acid groups (broad SMARTS) is 1. The molecule has 0 spiro atoms. The Morgan fingerprint density at radius 3 is 1.75 bits per heavy atom. The van der Waals surface area contributed by atoms with Gasteiger partial charge in [0.1, 0.15) is 76.9 Å². The highest BCUT2D eigenvalue weighted by atomic mass is 32.2. The van der Waals surface area contributed by atoms with Crippen LogP contribution in [0.1, 0.15) is 223 Å². The van der Waals surface area contributed by atoms with E-state index in [1.807, 2.05) is 34.6 Å². The molecule has 0 bridgehead atoms. The number of carbonyl (C=O) groups excluding carboxylic acids is 11. The van der Waals surface area contributed by atoms with Crippen LogP contribution in [-0.4, -0.2) is 203 Å². The average Bonchev–Trinajstić information content (AvgIpc) is 1.69. The molecule has 10 atom stereocenters. The Labute approximate surface area is 757 Å². The zero-order chi connectivity index (χ0) is 95.8. The third-order valence-corrected chi connectivity index (χ3v) is 23.9. The van der Waals surface area contributed by atoms with Crippen LogP contribution in [0.4, 0.5) is 10.5 Å². The third-order valence-electron chi connectivity index (χ3n) is 21.9. The highest BCUT2D eigenvalue weighted by molar-refractivity contribution is 7.89. The predicted molar refractivity (Wildman–Crippen MR) is 491 cm³/mol. The minimum absolute atomic E-state index is 0.0216. The zero-order valence-electron chi connectivity index (χ0n) is 77.7. The summed E-state index contributed by atoms with van der Waals surface area (Å²) in [5.41, 5.74) is 12.7. The number of carboxylic acids is 1. The second kappa shape index (κ2) is 46.5. The highest BCUT2D eigenvalue weighted by Gasteiger charge is 2.49. The van der Waals surface area contributed by atoms with Crippen molar-refractivity contribution in [3.05, 3.63) is 159 Å². The van der Waals surface area contributed by atoms with E-state index in [2.05, 4.69) is 47.9 Å². The molecule has 2 aliphatic heterocycles. The van der Waals surface area contributed by atoms with Crippen LogP contribution in [0.15, 0.2) is 114 Å². The summed E-state index contributed by atoms with van der Waals surface area (Å²) in [5.74, 6) is -12.2. The third kappa shape index (κ3) is 31.3. The summed E-state index contributed by atoms with van der Waals surface area (Å²) in [7, 11) is -5.36. The van der Waals surface area contributed by atoms with Crippen molar-refractivity contribution in [1.82, 2.24) is 51.7 Å². The number of likely N-dealkylation sites (tertiary alicyclic amines) is 1. The topological polar surface area (TPSA) is 487 Å². The van der Waals surface area contributed by atoms with Gasteiger partial charge in [-0.1, -0.05) is 143 Å². The van der Waals surface area contributed by atoms with Crippen LogP contribution in [0.25, 0.3) is 12.2 Å². The molecular formula is C95H134N14O19S. The van der Waals surface area contributed by atoms with Gasteiger partial charge in [0.25, 0.3) is 21.8 Å². The Morgan fingerprint density at radius 2 is 1.16 bits per heavy atom. The van der Waals surface area contributed by atoms with Gasteiger partial charge in [-0.2, -0.15) is 0 Å². The number of rotatable bonds is 43. The number of carbonyl (C=O) groups is 12. The molecule has 0 aliphatic carbocycles. The number of nitrogens with two attached hydrogens (primary N) is 2. The minimum Gasteiger partial charge on any atom is -0.487 e. The number of benzene rings is 5. The van der Waals surface area contributed by atoms with E-state index in [0.29, 0.717) is 55.5 Å². The molecule has 0 aromatic heterocycles. The maximum Gasteiger partial charge on any atom is 0.407 e. The van der Waals surface area contributed by atoms with Gasteiger partial charge in [0.2, 0.25) is 41.4 Å². The van der Waals surface area contributed by atoms with E-state index in [4.69, 9.17) is 35.8 Å². The van der Waals surface area contributed by atoms with Crippen LogP contribution in [0.3, 0.4) is 0 Å². The molecule has 7 rings (SSSR count). The number of amides is 10. The molecule has 1 saturated heterocycles. The lowest BCUT2D eigenvalue weighted by Crippen LogP contribution is -2.63. The van der Waals surface area contributed by atoms with Crippen LogP contribution in [0.2, 0.25) is 0 Å². The molecular weight excluding hydrogens is 1670 g/mol. The van der Waals surface area contributed by atoms with E-state index in [0.717, 1.165) is 0 Å². The number of nitrogens with zero attached hydrogens (tertiary/aromatic N) is 2. The Hall–Kier alpha value is -11.8. The fourth-order valence-electron chi connectivity index (χ4n) is 15.1. The Balaban J connectivity index is 1.22. The molecule has 0 saturated carbocycles. The number of guanidine groups is 1. The summed E-state index contributed by atoms with van der Waals surface area (Å²) in [5, 5.41) is 43.1. The molecule has 129 heavy (non-hydrogen) atoms. The molecule has 2 aliphatic rings. The molecule has 33 nitrogen and oxygen atoms in total. The number of esters is 1. The first-order chi connectivity index (χ1) is 60.4. The molecule has 10 amide bonds. The number of anilines is 1. The number of aliphatic carboxylic acids is 1. The Kier molecular flexibility index (Phi) is 37.6. The maximum absolute atomic E-state index is 16.5. The number of hydrogen-bond donors (Lipinski definition) is 13. The predicted octanol–water partition coefficient (Wildman–Crippen LogP) is 9.03. The van der Waals surface area contributed by atoms with Gasteiger partial charge < -0.3 is 88.3 Å². The lowest BCUT2D eigenvalue weighted by Gasteiger charge is -2.36. The SMILES string of the molecule is CC[C@H](C)[C@H](NC(=O)[C@H](Cc1ccccc1)NC(=O)[C@H](CC(C)C)NC(=O)[C@H](CC(=O)OC(C)(C)C)NC(=O)[C@H](Cc1ccccc1)NC(=O)[C@@H]1CCCN1C(=O)c1ccccc1/C=C\c1ccccc1NC(=O)[C@@H](N)COC(C)(C)C)C(=O)N([C@@H](CCCNC(=N)N)C(=O)N[C@@H](CCCCNC(=O)OC(C)(C)C)C(=O)O)S(=O)(=O)c1c(C)c(C)c2c(c1C)CC(C)(C)O2. The molecule has 2 heterocycles. The lowest BCUT2D eigenvalue weighted by molar-refractivity contribution is -0.156. The van der Waals surface area contributed by atoms with E-state index in [1.54, 1.807) is 204 Å². The van der Waals surface area contributed by atoms with Crippen LogP contribution >= 0.6 is 0 Å². The monoisotopic (exact) mass is 1810 g/mol. The largest absolute Gasteiger partial charge is 0.487 e. The van der Waals surface area contributed by atoms with Crippen molar-refractivity contribution >= 4 is 105 Å². The maximum atomic E-state index is 16.5.